The summed E-state index contributed by atoms with van der Waals surface area (Å²) < 4.78 is 0. The van der Waals surface area contributed by atoms with Gasteiger partial charge >= 0.3 is 0 Å². The topological polar surface area (TPSA) is 85.9 Å². The molecule has 0 saturated carbocycles. The Morgan fingerprint density at radius 1 is 1.10 bits per heavy atom. The smallest absolute Gasteiger partial charge is 0.236 e. The number of carbonyl (C=O) groups is 3. The third-order valence-electron chi connectivity index (χ3n) is 6.78. The number of likely N-dealkylation sites (tertiary alicyclic amines) is 2. The van der Waals surface area contributed by atoms with Gasteiger partial charge in [0, 0.05) is 44.8 Å². The van der Waals surface area contributed by atoms with Gasteiger partial charge in [-0.25, -0.2) is 0 Å². The van der Waals surface area contributed by atoms with Crippen LogP contribution in [0.2, 0.25) is 0 Å². The third kappa shape index (κ3) is 4.74. The third-order valence-corrected chi connectivity index (χ3v) is 6.78. The fourth-order valence-electron chi connectivity index (χ4n) is 4.84. The molecule has 3 amide bonds. The normalized spacial score (nSPS) is 23.5. The molecule has 0 aromatic carbocycles. The molecule has 2 aliphatic rings. The molecule has 2 saturated heterocycles. The second kappa shape index (κ2) is 9.34. The zero-order valence-electron chi connectivity index (χ0n) is 19.2. The highest BCUT2D eigenvalue weighted by Crippen LogP contribution is 2.38. The molecule has 2 aliphatic heterocycles. The van der Waals surface area contributed by atoms with Crippen LogP contribution in [0.15, 0.2) is 24.4 Å². The Kier molecular flexibility index (Phi) is 6.99. The predicted molar refractivity (Wildman–Crippen MR) is 118 cm³/mol. The minimum atomic E-state index is -0.831. The molecule has 0 unspecified atom stereocenters. The second-order valence-electron chi connectivity index (χ2n) is 9.39. The Hall–Kier alpha value is -2.48. The molecule has 8 nitrogen and oxygen atoms in total. The Labute approximate surface area is 185 Å². The minimum absolute atomic E-state index is 0.0797. The molecule has 1 aromatic rings. The monoisotopic (exact) mass is 429 g/mol. The Bertz CT molecular complexity index is 805. The van der Waals surface area contributed by atoms with Crippen LogP contribution in [0.4, 0.5) is 0 Å². The van der Waals surface area contributed by atoms with E-state index in [1.807, 2.05) is 53.9 Å². The summed E-state index contributed by atoms with van der Waals surface area (Å²) >= 11 is 0. The number of hydrogen-bond acceptors (Lipinski definition) is 5. The fraction of sp³-hybridized carbons (Fsp3) is 0.652. The zero-order chi connectivity index (χ0) is 22.6. The molecule has 2 fully saturated rings. The quantitative estimate of drug-likeness (QED) is 0.751. The van der Waals surface area contributed by atoms with Crippen LogP contribution in [0.25, 0.3) is 0 Å². The fourth-order valence-corrected chi connectivity index (χ4v) is 4.84. The molecule has 170 valence electrons. The predicted octanol–water partition coefficient (Wildman–Crippen LogP) is 0.878. The van der Waals surface area contributed by atoms with E-state index in [0.29, 0.717) is 57.7 Å². The molecule has 1 N–H and O–H groups in total. The maximum atomic E-state index is 13.6. The lowest BCUT2D eigenvalue weighted by atomic mass is 9.73. The molecular formula is C23H35N5O3. The molecule has 3 rings (SSSR count). The van der Waals surface area contributed by atoms with Gasteiger partial charge in [0.1, 0.15) is 5.41 Å². The van der Waals surface area contributed by atoms with E-state index in [-0.39, 0.29) is 17.7 Å². The van der Waals surface area contributed by atoms with Gasteiger partial charge in [-0.05, 0) is 51.9 Å². The zero-order valence-corrected chi connectivity index (χ0v) is 19.2. The van der Waals surface area contributed by atoms with Crippen LogP contribution in [-0.4, -0.2) is 91.3 Å². The molecule has 1 atom stereocenters. The molecule has 3 heterocycles. The first-order valence-electron chi connectivity index (χ1n) is 11.1. The lowest BCUT2D eigenvalue weighted by Gasteiger charge is -2.46. The summed E-state index contributed by atoms with van der Waals surface area (Å²) in [5.41, 5.74) is -0.644. The second-order valence-corrected chi connectivity index (χ2v) is 9.39. The summed E-state index contributed by atoms with van der Waals surface area (Å²) in [7, 11) is 5.40. The van der Waals surface area contributed by atoms with Crippen LogP contribution in [0.5, 0.6) is 0 Å². The van der Waals surface area contributed by atoms with Crippen molar-refractivity contribution in [3.63, 3.8) is 0 Å². The first kappa shape index (κ1) is 23.2. The number of rotatable bonds is 5. The van der Waals surface area contributed by atoms with Gasteiger partial charge in [-0.15, -0.1) is 0 Å². The highest BCUT2D eigenvalue weighted by Gasteiger charge is 2.48. The first-order chi connectivity index (χ1) is 14.7. The molecule has 0 bridgehead atoms. The lowest BCUT2D eigenvalue weighted by Crippen LogP contribution is -2.59. The number of hydrogen-bond donors (Lipinski definition) is 1. The highest BCUT2D eigenvalue weighted by molar-refractivity contribution is 5.90. The largest absolute Gasteiger partial charge is 0.358 e. The average Bonchev–Trinajstić information content (AvgIpc) is 2.78. The summed E-state index contributed by atoms with van der Waals surface area (Å²) in [4.78, 5) is 49.0. The van der Waals surface area contributed by atoms with Gasteiger partial charge < -0.3 is 20.0 Å². The van der Waals surface area contributed by atoms with Crippen molar-refractivity contribution in [2.24, 2.45) is 5.41 Å². The van der Waals surface area contributed by atoms with Gasteiger partial charge in [-0.3, -0.25) is 19.4 Å². The summed E-state index contributed by atoms with van der Waals surface area (Å²) in [6, 6.07) is 5.59. The number of piperidine rings is 2. The van der Waals surface area contributed by atoms with Crippen molar-refractivity contribution in [1.82, 2.24) is 25.0 Å². The molecule has 8 heteroatoms. The van der Waals surface area contributed by atoms with Gasteiger partial charge in [0.2, 0.25) is 17.7 Å². The van der Waals surface area contributed by atoms with Crippen LogP contribution in [0.3, 0.4) is 0 Å². The summed E-state index contributed by atoms with van der Waals surface area (Å²) in [5.74, 6) is 0.0836. The Balaban J connectivity index is 1.74. The maximum Gasteiger partial charge on any atom is 0.236 e. The van der Waals surface area contributed by atoms with Crippen molar-refractivity contribution >= 4 is 17.7 Å². The molecule has 1 aromatic heterocycles. The van der Waals surface area contributed by atoms with E-state index in [0.717, 1.165) is 6.42 Å². The number of likely N-dealkylation sites (N-methyl/N-ethyl adjacent to an activating group) is 2. The molecular weight excluding hydrogens is 394 g/mol. The Morgan fingerprint density at radius 3 is 2.39 bits per heavy atom. The standard InChI is InChI=1S/C23H35N5O3/c1-22(10-14-27(15-11-22)19(29)16-26(3)4)21(31)28-13-7-9-23(17-28,20(30)24-2)18-8-5-6-12-25-18/h5-6,8,12H,7,9-11,13-17H2,1-4H3,(H,24,30)/t23-/m1/s1. The minimum Gasteiger partial charge on any atom is -0.358 e. The molecule has 31 heavy (non-hydrogen) atoms. The van der Waals surface area contributed by atoms with Gasteiger partial charge in [0.05, 0.1) is 12.2 Å². The van der Waals surface area contributed by atoms with Crippen LogP contribution < -0.4 is 5.32 Å². The summed E-state index contributed by atoms with van der Waals surface area (Å²) in [5, 5.41) is 2.79. The van der Waals surface area contributed by atoms with E-state index in [4.69, 9.17) is 0 Å². The first-order valence-corrected chi connectivity index (χ1v) is 11.1. The van der Waals surface area contributed by atoms with Crippen LogP contribution >= 0.6 is 0 Å². The van der Waals surface area contributed by atoms with Crippen molar-refractivity contribution in [1.29, 1.82) is 0 Å². The lowest BCUT2D eigenvalue weighted by molar-refractivity contribution is -0.150. The van der Waals surface area contributed by atoms with Crippen molar-refractivity contribution in [3.8, 4) is 0 Å². The number of nitrogens with one attached hydrogen (secondary N) is 1. The van der Waals surface area contributed by atoms with Crippen molar-refractivity contribution in [2.75, 3.05) is 53.9 Å². The van der Waals surface area contributed by atoms with E-state index < -0.39 is 10.8 Å². The van der Waals surface area contributed by atoms with Gasteiger partial charge in [-0.1, -0.05) is 13.0 Å². The summed E-state index contributed by atoms with van der Waals surface area (Å²) in [6.45, 7) is 4.54. The maximum absolute atomic E-state index is 13.6. The number of carbonyl (C=O) groups excluding carboxylic acids is 3. The van der Waals surface area contributed by atoms with Crippen LogP contribution in [-0.2, 0) is 19.8 Å². The SMILES string of the molecule is CNC(=O)[C@]1(c2ccccn2)CCCN(C(=O)C2(C)CCN(C(=O)CN(C)C)CC2)C1. The summed E-state index contributed by atoms with van der Waals surface area (Å²) in [6.07, 6.45) is 4.38. The van der Waals surface area contributed by atoms with Gasteiger partial charge in [0.25, 0.3) is 0 Å². The Morgan fingerprint density at radius 2 is 1.81 bits per heavy atom. The number of aromatic nitrogens is 1. The number of nitrogens with zero attached hydrogens (tertiary/aromatic N) is 4. The highest BCUT2D eigenvalue weighted by atomic mass is 16.2. The van der Waals surface area contributed by atoms with Crippen molar-refractivity contribution in [2.45, 2.75) is 38.0 Å². The van der Waals surface area contributed by atoms with Crippen LogP contribution in [0.1, 0.15) is 38.3 Å². The van der Waals surface area contributed by atoms with Crippen molar-refractivity contribution in [3.05, 3.63) is 30.1 Å². The van der Waals surface area contributed by atoms with E-state index in [1.54, 1.807) is 13.2 Å². The molecule has 0 spiro atoms. The number of amides is 3. The van der Waals surface area contributed by atoms with Crippen LogP contribution in [0, 0.1) is 5.41 Å². The number of pyridine rings is 1. The average molecular weight is 430 g/mol. The van der Waals surface area contributed by atoms with E-state index in [2.05, 4.69) is 10.3 Å². The molecule has 0 aliphatic carbocycles. The van der Waals surface area contributed by atoms with E-state index in [9.17, 15) is 14.4 Å². The van der Waals surface area contributed by atoms with Gasteiger partial charge in [-0.2, -0.15) is 0 Å². The van der Waals surface area contributed by atoms with E-state index in [1.165, 1.54) is 0 Å². The van der Waals surface area contributed by atoms with Gasteiger partial charge in [0.15, 0.2) is 0 Å². The molecule has 0 radical (unpaired) electrons. The van der Waals surface area contributed by atoms with Crippen molar-refractivity contribution < 1.29 is 14.4 Å². The van der Waals surface area contributed by atoms with E-state index >= 15 is 0 Å².